The van der Waals surface area contributed by atoms with Crippen LogP contribution in [-0.2, 0) is 18.4 Å². The SMILES string of the molecule is NC1(c2ccc(-c3c(-c4ccccc4)oc4c(c3=O)/C=C\c3[nH]ncc3CC4)cc2)CCC1. The fraction of sp³-hybridized carbons (Fsp3) is 0.214. The van der Waals surface area contributed by atoms with Gasteiger partial charge in [0.25, 0.3) is 0 Å². The zero-order chi connectivity index (χ0) is 22.4. The fourth-order valence-corrected chi connectivity index (χ4v) is 4.90. The van der Waals surface area contributed by atoms with Gasteiger partial charge in [0.2, 0.25) is 5.43 Å². The number of aromatic nitrogens is 2. The molecule has 0 aliphatic heterocycles. The Kier molecular flexibility index (Phi) is 4.66. The van der Waals surface area contributed by atoms with Gasteiger partial charge < -0.3 is 10.2 Å². The Hall–Kier alpha value is -3.70. The van der Waals surface area contributed by atoms with Gasteiger partial charge in [0, 0.05) is 17.5 Å². The summed E-state index contributed by atoms with van der Waals surface area (Å²) in [6.45, 7) is 0. The predicted octanol–water partition coefficient (Wildman–Crippen LogP) is 5.30. The highest BCUT2D eigenvalue weighted by Gasteiger charge is 2.34. The van der Waals surface area contributed by atoms with E-state index in [9.17, 15) is 4.79 Å². The maximum absolute atomic E-state index is 13.9. The first kappa shape index (κ1) is 19.9. The molecule has 0 unspecified atom stereocenters. The topological polar surface area (TPSA) is 84.9 Å². The first-order chi connectivity index (χ1) is 16.1. The van der Waals surface area contributed by atoms with Gasteiger partial charge in [0.1, 0.15) is 11.5 Å². The van der Waals surface area contributed by atoms with Crippen LogP contribution in [0.5, 0.6) is 0 Å². The molecule has 0 spiro atoms. The quantitative estimate of drug-likeness (QED) is 0.457. The van der Waals surface area contributed by atoms with Crippen molar-refractivity contribution in [1.82, 2.24) is 10.2 Å². The van der Waals surface area contributed by atoms with Crippen molar-refractivity contribution in [3.8, 4) is 22.5 Å². The number of hydrogen-bond donors (Lipinski definition) is 2. The normalized spacial score (nSPS) is 17.2. The van der Waals surface area contributed by atoms with Gasteiger partial charge >= 0.3 is 0 Å². The summed E-state index contributed by atoms with van der Waals surface area (Å²) in [7, 11) is 0. The first-order valence-corrected chi connectivity index (χ1v) is 11.5. The number of aryl methyl sites for hydroxylation is 2. The van der Waals surface area contributed by atoms with E-state index in [0.29, 0.717) is 29.1 Å². The Balaban J connectivity index is 1.54. The number of benzene rings is 2. The number of nitrogens with zero attached hydrogens (tertiary/aromatic N) is 1. The number of nitrogens with one attached hydrogen (secondary N) is 1. The maximum atomic E-state index is 13.9. The fourth-order valence-electron chi connectivity index (χ4n) is 4.90. The number of H-pyrrole nitrogens is 1. The molecule has 6 rings (SSSR count). The minimum Gasteiger partial charge on any atom is -0.460 e. The van der Waals surface area contributed by atoms with Crippen LogP contribution in [0.25, 0.3) is 34.6 Å². The second kappa shape index (κ2) is 7.71. The van der Waals surface area contributed by atoms with Crippen molar-refractivity contribution in [3.63, 3.8) is 0 Å². The molecular weight excluding hydrogens is 410 g/mol. The van der Waals surface area contributed by atoms with Gasteiger partial charge in [-0.1, -0.05) is 54.6 Å². The molecule has 4 aromatic rings. The molecule has 0 bridgehead atoms. The molecule has 5 heteroatoms. The number of nitrogens with two attached hydrogens (primary N) is 1. The lowest BCUT2D eigenvalue weighted by Crippen LogP contribution is -2.43. The molecule has 1 fully saturated rings. The molecule has 0 atom stereocenters. The van der Waals surface area contributed by atoms with E-state index in [0.717, 1.165) is 53.6 Å². The molecule has 0 amide bonds. The molecule has 2 aliphatic rings. The first-order valence-electron chi connectivity index (χ1n) is 11.5. The van der Waals surface area contributed by atoms with E-state index in [1.54, 1.807) is 0 Å². The average molecular weight is 436 g/mol. The van der Waals surface area contributed by atoms with Crippen molar-refractivity contribution in [2.24, 2.45) is 5.73 Å². The van der Waals surface area contributed by atoms with Crippen molar-refractivity contribution < 1.29 is 4.42 Å². The Morgan fingerprint density at radius 3 is 2.45 bits per heavy atom. The third-order valence-electron chi connectivity index (χ3n) is 7.04. The van der Waals surface area contributed by atoms with Crippen LogP contribution in [0.4, 0.5) is 0 Å². The summed E-state index contributed by atoms with van der Waals surface area (Å²) in [4.78, 5) is 13.9. The van der Waals surface area contributed by atoms with Crippen LogP contribution in [-0.4, -0.2) is 10.2 Å². The Morgan fingerprint density at radius 1 is 0.939 bits per heavy atom. The van der Waals surface area contributed by atoms with Crippen molar-refractivity contribution in [1.29, 1.82) is 0 Å². The molecule has 2 aromatic carbocycles. The second-order valence-corrected chi connectivity index (χ2v) is 9.07. The van der Waals surface area contributed by atoms with E-state index >= 15 is 0 Å². The van der Waals surface area contributed by atoms with Gasteiger partial charge in [-0.15, -0.1) is 0 Å². The molecular formula is C28H25N3O2. The number of fused-ring (bicyclic) bond motifs is 2. The molecule has 2 aliphatic carbocycles. The maximum Gasteiger partial charge on any atom is 0.200 e. The highest BCUT2D eigenvalue weighted by Crippen LogP contribution is 2.40. The minimum absolute atomic E-state index is 0.0202. The number of rotatable bonds is 3. The van der Waals surface area contributed by atoms with Crippen molar-refractivity contribution in [2.45, 2.75) is 37.6 Å². The standard InChI is InChI=1S/C28H25N3O2/c29-28(15-4-16-28)21-10-7-18(8-11-21)25-26(32)22-12-13-23-20(17-30-31-23)9-14-24(22)33-27(25)19-5-2-1-3-6-19/h1-3,5-8,10-13,17H,4,9,14-16,29H2,(H,30,31)/b13-12-. The molecule has 2 heterocycles. The molecule has 33 heavy (non-hydrogen) atoms. The van der Waals surface area contributed by atoms with Crippen LogP contribution in [0.1, 0.15) is 47.4 Å². The summed E-state index contributed by atoms with van der Waals surface area (Å²) >= 11 is 0. The largest absolute Gasteiger partial charge is 0.460 e. The predicted molar refractivity (Wildman–Crippen MR) is 130 cm³/mol. The highest BCUT2D eigenvalue weighted by molar-refractivity contribution is 5.83. The molecule has 1 saturated carbocycles. The van der Waals surface area contributed by atoms with Crippen LogP contribution >= 0.6 is 0 Å². The van der Waals surface area contributed by atoms with Crippen molar-refractivity contribution in [2.75, 3.05) is 0 Å². The van der Waals surface area contributed by atoms with Crippen LogP contribution in [0, 0.1) is 0 Å². The summed E-state index contributed by atoms with van der Waals surface area (Å²) in [6.07, 6.45) is 10.2. The van der Waals surface area contributed by atoms with Gasteiger partial charge in [0.15, 0.2) is 0 Å². The summed E-state index contributed by atoms with van der Waals surface area (Å²) < 4.78 is 6.50. The van der Waals surface area contributed by atoms with E-state index in [2.05, 4.69) is 22.3 Å². The van der Waals surface area contributed by atoms with E-state index in [4.69, 9.17) is 10.2 Å². The van der Waals surface area contributed by atoms with Crippen LogP contribution < -0.4 is 11.2 Å². The van der Waals surface area contributed by atoms with Crippen LogP contribution in [0.3, 0.4) is 0 Å². The molecule has 2 aromatic heterocycles. The Morgan fingerprint density at radius 2 is 1.73 bits per heavy atom. The molecule has 164 valence electrons. The summed E-state index contributed by atoms with van der Waals surface area (Å²) in [5, 5.41) is 7.16. The van der Waals surface area contributed by atoms with Gasteiger partial charge in [0.05, 0.1) is 23.0 Å². The van der Waals surface area contributed by atoms with E-state index in [1.807, 2.05) is 60.8 Å². The van der Waals surface area contributed by atoms with E-state index in [1.165, 1.54) is 0 Å². The minimum atomic E-state index is -0.234. The highest BCUT2D eigenvalue weighted by atomic mass is 16.3. The molecule has 0 radical (unpaired) electrons. The lowest BCUT2D eigenvalue weighted by molar-refractivity contribution is 0.253. The number of aromatic amines is 1. The summed E-state index contributed by atoms with van der Waals surface area (Å²) in [5.41, 5.74) is 12.4. The van der Waals surface area contributed by atoms with Crippen LogP contribution in [0.2, 0.25) is 0 Å². The number of hydrogen-bond acceptors (Lipinski definition) is 4. The van der Waals surface area contributed by atoms with Crippen molar-refractivity contribution >= 4 is 12.2 Å². The Labute approximate surface area is 192 Å². The average Bonchev–Trinajstić information content (AvgIpc) is 3.26. The Bertz CT molecular complexity index is 1410. The lowest BCUT2D eigenvalue weighted by atomic mass is 9.72. The van der Waals surface area contributed by atoms with Gasteiger partial charge in [-0.25, -0.2) is 0 Å². The van der Waals surface area contributed by atoms with E-state index in [-0.39, 0.29) is 11.0 Å². The smallest absolute Gasteiger partial charge is 0.200 e. The van der Waals surface area contributed by atoms with Crippen LogP contribution in [0.15, 0.2) is 70.0 Å². The third kappa shape index (κ3) is 3.36. The van der Waals surface area contributed by atoms with Gasteiger partial charge in [-0.05, 0) is 54.5 Å². The molecule has 5 nitrogen and oxygen atoms in total. The summed E-state index contributed by atoms with van der Waals surface area (Å²) in [5.74, 6) is 1.32. The second-order valence-electron chi connectivity index (χ2n) is 9.07. The zero-order valence-corrected chi connectivity index (χ0v) is 18.3. The monoisotopic (exact) mass is 435 g/mol. The lowest BCUT2D eigenvalue weighted by Gasteiger charge is -2.38. The molecule has 3 N–H and O–H groups in total. The van der Waals surface area contributed by atoms with Gasteiger partial charge in [-0.3, -0.25) is 9.89 Å². The van der Waals surface area contributed by atoms with Crippen molar-refractivity contribution in [3.05, 3.63) is 99.2 Å². The van der Waals surface area contributed by atoms with Gasteiger partial charge in [-0.2, -0.15) is 5.10 Å². The summed E-state index contributed by atoms with van der Waals surface area (Å²) in [6, 6.07) is 18.0. The third-order valence-corrected chi connectivity index (χ3v) is 7.04. The van der Waals surface area contributed by atoms with E-state index < -0.39 is 0 Å². The molecule has 0 saturated heterocycles. The zero-order valence-electron chi connectivity index (χ0n) is 18.3.